The minimum absolute atomic E-state index is 0.0230. The Morgan fingerprint density at radius 3 is 2.79 bits per heavy atom. The number of amides is 1. The van der Waals surface area contributed by atoms with Crippen LogP contribution in [-0.4, -0.2) is 30.1 Å². The zero-order chi connectivity index (χ0) is 20.5. The molecule has 1 fully saturated rings. The molecule has 2 aliphatic rings. The Morgan fingerprint density at radius 1 is 1.34 bits per heavy atom. The Morgan fingerprint density at radius 2 is 2.10 bits per heavy atom. The van der Waals surface area contributed by atoms with Crippen LogP contribution in [0.15, 0.2) is 49.2 Å². The van der Waals surface area contributed by atoms with Gasteiger partial charge in [-0.1, -0.05) is 42.4 Å². The van der Waals surface area contributed by atoms with E-state index in [4.69, 9.17) is 17.0 Å². The van der Waals surface area contributed by atoms with Crippen LogP contribution in [0.2, 0.25) is 4.34 Å². The van der Waals surface area contributed by atoms with E-state index in [0.717, 1.165) is 38.8 Å². The van der Waals surface area contributed by atoms with Gasteiger partial charge in [0.15, 0.2) is 0 Å². The number of carbonyl (C=O) groups is 1. The topological polar surface area (TPSA) is 60.8 Å². The predicted molar refractivity (Wildman–Crippen MR) is 120 cm³/mol. The lowest BCUT2D eigenvalue weighted by Crippen LogP contribution is -2.73. The number of nitrogens with two attached hydrogens (primary N) is 1. The molecule has 2 heterocycles. The van der Waals surface area contributed by atoms with Gasteiger partial charge in [0.1, 0.15) is 6.20 Å². The number of benzene rings is 1. The fraction of sp³-hybridized carbons (Fsp3) is 0.304. The highest BCUT2D eigenvalue weighted by Gasteiger charge is 2.34. The van der Waals surface area contributed by atoms with Gasteiger partial charge in [-0.15, -0.1) is 11.3 Å². The second kappa shape index (κ2) is 8.27. The molecule has 0 spiro atoms. The van der Waals surface area contributed by atoms with Crippen LogP contribution in [0.1, 0.15) is 40.3 Å². The molecule has 2 aromatic rings. The van der Waals surface area contributed by atoms with E-state index in [1.54, 1.807) is 11.3 Å². The first-order valence-electron chi connectivity index (χ1n) is 9.90. The molecule has 1 aliphatic heterocycles. The lowest BCUT2D eigenvalue weighted by Gasteiger charge is -2.33. The summed E-state index contributed by atoms with van der Waals surface area (Å²) in [5, 5.41) is 10.7. The summed E-state index contributed by atoms with van der Waals surface area (Å²) in [7, 11) is 1.99. The lowest BCUT2D eigenvalue weighted by atomic mass is 9.82. The highest BCUT2D eigenvalue weighted by atomic mass is 35.5. The molecule has 1 aromatic carbocycles. The Labute approximate surface area is 180 Å². The maximum absolute atomic E-state index is 12.4. The summed E-state index contributed by atoms with van der Waals surface area (Å²) in [6, 6.07) is 10.3. The molecule has 0 saturated heterocycles. The smallest absolute Gasteiger partial charge is 0.246 e. The van der Waals surface area contributed by atoms with Gasteiger partial charge in [0.05, 0.1) is 23.5 Å². The molecule has 6 heteroatoms. The van der Waals surface area contributed by atoms with Crippen LogP contribution in [0.5, 0.6) is 0 Å². The van der Waals surface area contributed by atoms with Crippen LogP contribution < -0.4 is 5.32 Å². The third-order valence-corrected chi connectivity index (χ3v) is 6.91. The minimum Gasteiger partial charge on any atom is -0.333 e. The van der Waals surface area contributed by atoms with Gasteiger partial charge in [-0.2, -0.15) is 0 Å². The molecule has 1 amide bonds. The Kier molecular flexibility index (Phi) is 5.72. The molecule has 1 atom stereocenters. The van der Waals surface area contributed by atoms with Crippen molar-refractivity contribution in [3.05, 3.63) is 75.1 Å². The summed E-state index contributed by atoms with van der Waals surface area (Å²) < 4.78 is 0.744. The molecule has 0 bridgehead atoms. The van der Waals surface area contributed by atoms with Gasteiger partial charge in [-0.05, 0) is 41.7 Å². The molecule has 1 saturated carbocycles. The first kappa shape index (κ1) is 20.1. The summed E-state index contributed by atoms with van der Waals surface area (Å²) in [5.74, 6) is 0.325. The highest BCUT2D eigenvalue weighted by Crippen LogP contribution is 2.43. The van der Waals surface area contributed by atoms with Gasteiger partial charge in [0.25, 0.3) is 0 Å². The predicted octanol–water partition coefficient (Wildman–Crippen LogP) is 4.03. The Bertz CT molecular complexity index is 1010. The van der Waals surface area contributed by atoms with Gasteiger partial charge in [-0.25, -0.2) is 0 Å². The van der Waals surface area contributed by atoms with Gasteiger partial charge in [0.2, 0.25) is 5.91 Å². The largest absolute Gasteiger partial charge is 0.333 e. The fourth-order valence-electron chi connectivity index (χ4n) is 4.08. The summed E-state index contributed by atoms with van der Waals surface area (Å²) in [6.45, 7) is 4.81. The van der Waals surface area contributed by atoms with E-state index < -0.39 is 0 Å². The van der Waals surface area contributed by atoms with Crippen LogP contribution in [0.3, 0.4) is 0 Å². The third kappa shape index (κ3) is 3.95. The lowest BCUT2D eigenvalue weighted by molar-refractivity contribution is -0.555. The zero-order valence-electron chi connectivity index (χ0n) is 16.5. The summed E-state index contributed by atoms with van der Waals surface area (Å²) in [5.41, 5.74) is 5.12. The van der Waals surface area contributed by atoms with Crippen LogP contribution in [-0.2, 0) is 11.3 Å². The van der Waals surface area contributed by atoms with Gasteiger partial charge in [0, 0.05) is 29.0 Å². The molecule has 29 heavy (non-hydrogen) atoms. The molecule has 1 aliphatic carbocycles. The van der Waals surface area contributed by atoms with Crippen molar-refractivity contribution in [2.24, 2.45) is 5.92 Å². The van der Waals surface area contributed by atoms with Gasteiger partial charge in [-0.3, -0.25) is 4.79 Å². The number of quaternary nitrogens is 1. The Hall–Kier alpha value is -2.21. The number of nitrogens with one attached hydrogen (secondary N) is 1. The minimum atomic E-state index is -0.0639. The van der Waals surface area contributed by atoms with Crippen molar-refractivity contribution in [3.63, 3.8) is 0 Å². The van der Waals surface area contributed by atoms with Crippen molar-refractivity contribution in [1.29, 1.82) is 5.41 Å². The first-order chi connectivity index (χ1) is 14.0. The van der Waals surface area contributed by atoms with Crippen LogP contribution in [0, 0.1) is 11.3 Å². The van der Waals surface area contributed by atoms with Gasteiger partial charge < -0.3 is 15.6 Å². The van der Waals surface area contributed by atoms with E-state index >= 15 is 0 Å². The zero-order valence-corrected chi connectivity index (χ0v) is 18.0. The molecule has 0 unspecified atom stereocenters. The summed E-state index contributed by atoms with van der Waals surface area (Å²) in [4.78, 5) is 15.4. The second-order valence-corrected chi connectivity index (χ2v) is 9.36. The molecule has 150 valence electrons. The van der Waals surface area contributed by atoms with Crippen LogP contribution >= 0.6 is 22.9 Å². The van der Waals surface area contributed by atoms with Crippen molar-refractivity contribution in [1.82, 2.24) is 4.90 Å². The van der Waals surface area contributed by atoms with Crippen molar-refractivity contribution in [2.75, 3.05) is 13.6 Å². The number of thiophene rings is 1. The average Bonchev–Trinajstić information content (AvgIpc) is 3.51. The average molecular weight is 427 g/mol. The SMILES string of the molecule is C=CC(=O)N1Cc2sc(Cl)cc2[C@@H](c2ccccc2/C(=C/[NH2+]C)C(=N)C2CC2)C1. The summed E-state index contributed by atoms with van der Waals surface area (Å²) in [6.07, 6.45) is 5.62. The highest BCUT2D eigenvalue weighted by molar-refractivity contribution is 7.16. The number of hydrogen-bond donors (Lipinski definition) is 2. The van der Waals surface area contributed by atoms with Crippen molar-refractivity contribution in [2.45, 2.75) is 25.3 Å². The molecule has 3 N–H and O–H groups in total. The number of fused-ring (bicyclic) bond motifs is 1. The van der Waals surface area contributed by atoms with Crippen LogP contribution in [0.25, 0.3) is 5.57 Å². The summed E-state index contributed by atoms with van der Waals surface area (Å²) >= 11 is 7.90. The maximum Gasteiger partial charge on any atom is 0.246 e. The monoisotopic (exact) mass is 426 g/mol. The molecule has 4 rings (SSSR count). The Balaban J connectivity index is 1.82. The number of nitrogens with zero attached hydrogens (tertiary/aromatic N) is 1. The number of carbonyl (C=O) groups excluding carboxylic acids is 1. The second-order valence-electron chi connectivity index (χ2n) is 7.59. The number of allylic oxidation sites excluding steroid dienone is 1. The van der Waals surface area contributed by atoms with E-state index in [1.165, 1.54) is 11.6 Å². The molecule has 4 nitrogen and oxygen atoms in total. The van der Waals surface area contributed by atoms with E-state index in [0.29, 0.717) is 24.7 Å². The van der Waals surface area contributed by atoms with Crippen molar-refractivity contribution in [3.8, 4) is 0 Å². The molecule has 1 aromatic heterocycles. The molecular formula is C23H25ClN3OS+. The van der Waals surface area contributed by atoms with Crippen LogP contribution in [0.4, 0.5) is 0 Å². The van der Waals surface area contributed by atoms with E-state index in [1.807, 2.05) is 35.5 Å². The van der Waals surface area contributed by atoms with Crippen molar-refractivity contribution < 1.29 is 10.1 Å². The third-order valence-electron chi connectivity index (χ3n) is 5.65. The number of halogens is 1. The van der Waals surface area contributed by atoms with Crippen molar-refractivity contribution >= 4 is 40.1 Å². The first-order valence-corrected chi connectivity index (χ1v) is 11.1. The maximum atomic E-state index is 12.4. The molecular weight excluding hydrogens is 402 g/mol. The van der Waals surface area contributed by atoms with E-state index in [9.17, 15) is 4.79 Å². The quantitative estimate of drug-likeness (QED) is 0.531. The van der Waals surface area contributed by atoms with Gasteiger partial charge >= 0.3 is 0 Å². The molecule has 0 radical (unpaired) electrons. The van der Waals surface area contributed by atoms with E-state index in [2.05, 4.69) is 24.9 Å². The number of hydrogen-bond acceptors (Lipinski definition) is 3. The fourth-order valence-corrected chi connectivity index (χ4v) is 5.43. The standard InChI is InChI=1S/C23H24ClN3OS/c1-3-22(28)27-12-19(17-10-21(24)29-20(17)13-27)16-7-5-4-6-15(16)18(11-26-2)23(25)14-8-9-14/h3-7,10-11,14,19,25-26H,1,8-9,12-13H2,2H3/p+1/b18-11-,25-23?/t19-/m1/s1. The van der Waals surface area contributed by atoms with E-state index in [-0.39, 0.29) is 11.8 Å². The number of rotatable bonds is 6. The normalized spacial score (nSPS) is 19.0.